The first-order chi connectivity index (χ1) is 8.95. The standard InChI is InChI=1S/C14H17N3O2/c1-14(2,3)10-4-6-11(7-5-10)16-13(18)17-12-8-9-15-19-12/h4-9H,1-3H3,(H2,16,17,18). The Balaban J connectivity index is 1.98. The first-order valence-corrected chi connectivity index (χ1v) is 6.04. The number of anilines is 2. The van der Waals surface area contributed by atoms with Crippen molar-refractivity contribution in [3.63, 3.8) is 0 Å². The molecule has 2 rings (SSSR count). The van der Waals surface area contributed by atoms with Crippen LogP contribution in [0, 0.1) is 0 Å². The van der Waals surface area contributed by atoms with E-state index in [4.69, 9.17) is 4.52 Å². The van der Waals surface area contributed by atoms with E-state index < -0.39 is 0 Å². The van der Waals surface area contributed by atoms with Gasteiger partial charge in [-0.3, -0.25) is 5.32 Å². The lowest BCUT2D eigenvalue weighted by Crippen LogP contribution is -2.19. The number of amides is 2. The number of hydrogen-bond donors (Lipinski definition) is 2. The molecule has 0 saturated heterocycles. The van der Waals surface area contributed by atoms with E-state index >= 15 is 0 Å². The minimum atomic E-state index is -0.361. The van der Waals surface area contributed by atoms with Crippen molar-refractivity contribution < 1.29 is 9.32 Å². The van der Waals surface area contributed by atoms with Gasteiger partial charge in [0.05, 0.1) is 6.20 Å². The van der Waals surface area contributed by atoms with Crippen LogP contribution in [0.25, 0.3) is 0 Å². The molecule has 0 atom stereocenters. The van der Waals surface area contributed by atoms with Crippen LogP contribution in [0.4, 0.5) is 16.4 Å². The Morgan fingerprint density at radius 2 is 1.79 bits per heavy atom. The zero-order valence-corrected chi connectivity index (χ0v) is 11.2. The quantitative estimate of drug-likeness (QED) is 0.865. The predicted molar refractivity (Wildman–Crippen MR) is 74.3 cm³/mol. The maximum Gasteiger partial charge on any atom is 0.326 e. The lowest BCUT2D eigenvalue weighted by Gasteiger charge is -2.19. The molecule has 0 spiro atoms. The zero-order chi connectivity index (χ0) is 13.9. The molecule has 100 valence electrons. The Hall–Kier alpha value is -2.30. The van der Waals surface area contributed by atoms with Crippen LogP contribution in [0.5, 0.6) is 0 Å². The normalized spacial score (nSPS) is 11.1. The molecular formula is C14H17N3O2. The minimum Gasteiger partial charge on any atom is -0.338 e. The summed E-state index contributed by atoms with van der Waals surface area (Å²) in [6, 6.07) is 8.97. The van der Waals surface area contributed by atoms with Crippen molar-refractivity contribution in [2.45, 2.75) is 26.2 Å². The second-order valence-electron chi connectivity index (χ2n) is 5.28. The largest absolute Gasteiger partial charge is 0.338 e. The van der Waals surface area contributed by atoms with Gasteiger partial charge in [0, 0.05) is 11.8 Å². The van der Waals surface area contributed by atoms with Gasteiger partial charge in [-0.2, -0.15) is 0 Å². The fourth-order valence-electron chi connectivity index (χ4n) is 1.61. The number of benzene rings is 1. The Kier molecular flexibility index (Phi) is 3.55. The van der Waals surface area contributed by atoms with E-state index in [-0.39, 0.29) is 11.4 Å². The molecule has 5 heteroatoms. The predicted octanol–water partition coefficient (Wildman–Crippen LogP) is 3.62. The van der Waals surface area contributed by atoms with Crippen molar-refractivity contribution in [1.29, 1.82) is 0 Å². The highest BCUT2D eigenvalue weighted by molar-refractivity contribution is 5.98. The summed E-state index contributed by atoms with van der Waals surface area (Å²) in [4.78, 5) is 11.7. The summed E-state index contributed by atoms with van der Waals surface area (Å²) in [5.41, 5.74) is 2.04. The first kappa shape index (κ1) is 13.1. The molecule has 0 radical (unpaired) electrons. The highest BCUT2D eigenvalue weighted by Gasteiger charge is 2.13. The van der Waals surface area contributed by atoms with E-state index in [0.29, 0.717) is 5.88 Å². The molecule has 0 bridgehead atoms. The molecule has 5 nitrogen and oxygen atoms in total. The number of carbonyl (C=O) groups excluding carboxylic acids is 1. The Bertz CT molecular complexity index is 539. The summed E-state index contributed by atoms with van der Waals surface area (Å²) in [5.74, 6) is 0.309. The number of carbonyl (C=O) groups is 1. The third-order valence-electron chi connectivity index (χ3n) is 2.68. The van der Waals surface area contributed by atoms with Crippen molar-refractivity contribution in [1.82, 2.24) is 5.16 Å². The fraction of sp³-hybridized carbons (Fsp3) is 0.286. The smallest absolute Gasteiger partial charge is 0.326 e. The van der Waals surface area contributed by atoms with Crippen LogP contribution in [0.15, 0.2) is 41.1 Å². The molecule has 1 aromatic carbocycles. The van der Waals surface area contributed by atoms with Gasteiger partial charge in [-0.1, -0.05) is 38.1 Å². The molecule has 0 unspecified atom stereocenters. The number of nitrogens with one attached hydrogen (secondary N) is 2. The lowest BCUT2D eigenvalue weighted by molar-refractivity contribution is 0.261. The van der Waals surface area contributed by atoms with E-state index in [2.05, 4.69) is 36.6 Å². The van der Waals surface area contributed by atoms with Gasteiger partial charge in [-0.05, 0) is 23.1 Å². The Morgan fingerprint density at radius 3 is 2.32 bits per heavy atom. The average molecular weight is 259 g/mol. The highest BCUT2D eigenvalue weighted by atomic mass is 16.5. The second kappa shape index (κ2) is 5.14. The molecule has 0 aliphatic heterocycles. The lowest BCUT2D eigenvalue weighted by atomic mass is 9.87. The molecule has 0 aliphatic carbocycles. The van der Waals surface area contributed by atoms with E-state index in [1.165, 1.54) is 11.8 Å². The van der Waals surface area contributed by atoms with Crippen LogP contribution < -0.4 is 10.6 Å². The number of rotatable bonds is 2. The number of aromatic nitrogens is 1. The second-order valence-corrected chi connectivity index (χ2v) is 5.28. The van der Waals surface area contributed by atoms with E-state index in [1.54, 1.807) is 6.07 Å². The van der Waals surface area contributed by atoms with Crippen LogP contribution in [-0.4, -0.2) is 11.2 Å². The minimum absolute atomic E-state index is 0.0978. The van der Waals surface area contributed by atoms with Gasteiger partial charge in [-0.25, -0.2) is 4.79 Å². The molecule has 0 aliphatic rings. The monoisotopic (exact) mass is 259 g/mol. The summed E-state index contributed by atoms with van der Waals surface area (Å²) in [7, 11) is 0. The molecule has 2 amide bonds. The van der Waals surface area contributed by atoms with Gasteiger partial charge >= 0.3 is 6.03 Å². The van der Waals surface area contributed by atoms with Gasteiger partial charge in [0.2, 0.25) is 5.88 Å². The molecule has 1 heterocycles. The average Bonchev–Trinajstić information content (AvgIpc) is 2.81. The van der Waals surface area contributed by atoms with Crippen LogP contribution in [0.2, 0.25) is 0 Å². The van der Waals surface area contributed by atoms with Crippen molar-refractivity contribution in [3.05, 3.63) is 42.1 Å². The van der Waals surface area contributed by atoms with Crippen molar-refractivity contribution >= 4 is 17.6 Å². The zero-order valence-electron chi connectivity index (χ0n) is 11.2. The summed E-state index contributed by atoms with van der Waals surface area (Å²) in [6.45, 7) is 6.43. The molecule has 2 aromatic rings. The fourth-order valence-corrected chi connectivity index (χ4v) is 1.61. The summed E-state index contributed by atoms with van der Waals surface area (Å²) in [6.07, 6.45) is 1.47. The third kappa shape index (κ3) is 3.58. The van der Waals surface area contributed by atoms with Gasteiger partial charge in [0.15, 0.2) is 0 Å². The first-order valence-electron chi connectivity index (χ1n) is 6.04. The van der Waals surface area contributed by atoms with Crippen LogP contribution in [0.3, 0.4) is 0 Å². The van der Waals surface area contributed by atoms with Gasteiger partial charge < -0.3 is 9.84 Å². The molecular weight excluding hydrogens is 242 g/mol. The Morgan fingerprint density at radius 1 is 1.11 bits per heavy atom. The molecule has 1 aromatic heterocycles. The highest BCUT2D eigenvalue weighted by Crippen LogP contribution is 2.23. The SMILES string of the molecule is CC(C)(C)c1ccc(NC(=O)Nc2ccno2)cc1. The van der Waals surface area contributed by atoms with Gasteiger partial charge in [-0.15, -0.1) is 0 Å². The van der Waals surface area contributed by atoms with Crippen molar-refractivity contribution in [2.75, 3.05) is 10.6 Å². The van der Waals surface area contributed by atoms with Gasteiger partial charge in [0.25, 0.3) is 0 Å². The van der Waals surface area contributed by atoms with E-state index in [1.807, 2.05) is 24.3 Å². The Labute approximate surface area is 112 Å². The van der Waals surface area contributed by atoms with Crippen LogP contribution in [0.1, 0.15) is 26.3 Å². The molecule has 0 saturated carbocycles. The van der Waals surface area contributed by atoms with Crippen LogP contribution in [-0.2, 0) is 5.41 Å². The topological polar surface area (TPSA) is 67.2 Å². The van der Waals surface area contributed by atoms with Crippen molar-refractivity contribution in [3.8, 4) is 0 Å². The summed E-state index contributed by atoms with van der Waals surface area (Å²) >= 11 is 0. The van der Waals surface area contributed by atoms with E-state index in [0.717, 1.165) is 5.69 Å². The molecule has 2 N–H and O–H groups in total. The number of hydrogen-bond acceptors (Lipinski definition) is 3. The number of nitrogens with zero attached hydrogens (tertiary/aromatic N) is 1. The number of urea groups is 1. The molecule has 19 heavy (non-hydrogen) atoms. The van der Waals surface area contributed by atoms with Crippen LogP contribution >= 0.6 is 0 Å². The maximum absolute atomic E-state index is 11.7. The molecule has 0 fully saturated rings. The third-order valence-corrected chi connectivity index (χ3v) is 2.68. The maximum atomic E-state index is 11.7. The summed E-state index contributed by atoms with van der Waals surface area (Å²) < 4.78 is 4.78. The van der Waals surface area contributed by atoms with Crippen molar-refractivity contribution in [2.24, 2.45) is 0 Å². The van der Waals surface area contributed by atoms with Gasteiger partial charge in [0.1, 0.15) is 0 Å². The van der Waals surface area contributed by atoms with E-state index in [9.17, 15) is 4.79 Å². The summed E-state index contributed by atoms with van der Waals surface area (Å²) in [5, 5.41) is 8.76.